The van der Waals surface area contributed by atoms with Gasteiger partial charge in [0.15, 0.2) is 6.29 Å². The van der Waals surface area contributed by atoms with Crippen LogP contribution in [-0.4, -0.2) is 34.1 Å². The molecule has 4 N–H and O–H groups in total. The van der Waals surface area contributed by atoms with Crippen LogP contribution in [0.5, 0.6) is 0 Å². The van der Waals surface area contributed by atoms with Gasteiger partial charge in [-0.15, -0.1) is 0 Å². The zero-order chi connectivity index (χ0) is 14.6. The average molecular weight is 267 g/mol. The Labute approximate surface area is 113 Å². The van der Waals surface area contributed by atoms with Crippen molar-refractivity contribution < 1.29 is 19.7 Å². The molecule has 19 heavy (non-hydrogen) atoms. The molecule has 0 aromatic heterocycles. The van der Waals surface area contributed by atoms with Gasteiger partial charge in [0, 0.05) is 0 Å². The highest BCUT2D eigenvalue weighted by molar-refractivity contribution is 5.89. The third-order valence-corrected chi connectivity index (χ3v) is 2.44. The summed E-state index contributed by atoms with van der Waals surface area (Å²) in [6, 6.07) is 5.98. The van der Waals surface area contributed by atoms with E-state index >= 15 is 0 Å². The molecule has 5 nitrogen and oxygen atoms in total. The van der Waals surface area contributed by atoms with Crippen molar-refractivity contribution in [2.24, 2.45) is 5.73 Å². The van der Waals surface area contributed by atoms with Gasteiger partial charge in [0.1, 0.15) is 5.60 Å². The Bertz CT molecular complexity index is 420. The van der Waals surface area contributed by atoms with Gasteiger partial charge in [0.25, 0.3) is 0 Å². The molecule has 5 heteroatoms. The Morgan fingerprint density at radius 2 is 1.79 bits per heavy atom. The van der Waals surface area contributed by atoms with Gasteiger partial charge in [-0.2, -0.15) is 0 Å². The highest BCUT2D eigenvalue weighted by atomic mass is 16.6. The molecule has 0 heterocycles. The Morgan fingerprint density at radius 3 is 2.21 bits per heavy atom. The predicted molar refractivity (Wildman–Crippen MR) is 71.5 cm³/mol. The van der Waals surface area contributed by atoms with E-state index in [0.29, 0.717) is 12.0 Å². The van der Waals surface area contributed by atoms with Gasteiger partial charge < -0.3 is 20.7 Å². The highest BCUT2D eigenvalue weighted by Crippen LogP contribution is 2.13. The number of carbonyl (C=O) groups excluding carboxylic acids is 1. The molecule has 0 fully saturated rings. The second kappa shape index (κ2) is 6.14. The number of hydrogen-bond donors (Lipinski definition) is 3. The molecular weight excluding hydrogens is 246 g/mol. The van der Waals surface area contributed by atoms with Crippen LogP contribution in [-0.2, 0) is 11.2 Å². The zero-order valence-corrected chi connectivity index (χ0v) is 11.5. The first-order valence-electron chi connectivity index (χ1n) is 6.13. The van der Waals surface area contributed by atoms with Gasteiger partial charge in [-0.1, -0.05) is 12.1 Å². The molecule has 0 radical (unpaired) electrons. The molecule has 1 aromatic carbocycles. The van der Waals surface area contributed by atoms with Crippen molar-refractivity contribution in [1.82, 2.24) is 0 Å². The minimum absolute atomic E-state index is 0.326. The predicted octanol–water partition coefficient (Wildman–Crippen LogP) is 0.822. The number of rotatable bonds is 4. The summed E-state index contributed by atoms with van der Waals surface area (Å²) < 4.78 is 5.24. The fourth-order valence-electron chi connectivity index (χ4n) is 1.49. The summed E-state index contributed by atoms with van der Waals surface area (Å²) in [6.07, 6.45) is -1.22. The Kier molecular flexibility index (Phi) is 5.05. The maximum absolute atomic E-state index is 11.8. The molecule has 106 valence electrons. The first kappa shape index (κ1) is 15.6. The van der Waals surface area contributed by atoms with Gasteiger partial charge in [-0.3, -0.25) is 0 Å². The third kappa shape index (κ3) is 5.38. The summed E-state index contributed by atoms with van der Waals surface area (Å²) in [5, 5.41) is 17.8. The van der Waals surface area contributed by atoms with E-state index in [1.807, 2.05) is 0 Å². The summed E-state index contributed by atoms with van der Waals surface area (Å²) in [5.74, 6) is -0.384. The number of esters is 1. The van der Waals surface area contributed by atoms with Crippen LogP contribution in [0, 0.1) is 0 Å². The number of nitrogens with two attached hydrogens (primary N) is 1. The molecule has 0 unspecified atom stereocenters. The third-order valence-electron chi connectivity index (χ3n) is 2.44. The number of aliphatic hydroxyl groups excluding tert-OH is 1. The van der Waals surface area contributed by atoms with E-state index in [9.17, 15) is 4.79 Å². The van der Waals surface area contributed by atoms with E-state index in [1.165, 1.54) is 0 Å². The standard InChI is InChI=1S/C14H21NO4/c1-14(2,3)19-13(18)10-6-4-9(5-7-10)8-11(15)12(16)17/h4-7,11-12,16-17H,8,15H2,1-3H3/t11-/m0/s1. The van der Waals surface area contributed by atoms with E-state index in [0.717, 1.165) is 5.56 Å². The summed E-state index contributed by atoms with van der Waals surface area (Å²) >= 11 is 0. The molecule has 0 aliphatic carbocycles. The molecule has 0 bridgehead atoms. The Morgan fingerprint density at radius 1 is 1.26 bits per heavy atom. The molecule has 1 atom stereocenters. The summed E-state index contributed by atoms with van der Waals surface area (Å²) in [7, 11) is 0. The first-order valence-corrected chi connectivity index (χ1v) is 6.13. The van der Waals surface area contributed by atoms with Crippen LogP contribution in [0.4, 0.5) is 0 Å². The Balaban J connectivity index is 2.69. The topological polar surface area (TPSA) is 92.8 Å². The fraction of sp³-hybridized carbons (Fsp3) is 0.500. The lowest BCUT2D eigenvalue weighted by Crippen LogP contribution is -2.36. The average Bonchev–Trinajstić information content (AvgIpc) is 2.27. The molecule has 0 saturated carbocycles. The molecule has 1 rings (SSSR count). The molecule has 0 spiro atoms. The minimum Gasteiger partial charge on any atom is -0.456 e. The van der Waals surface area contributed by atoms with Gasteiger partial charge in [0.05, 0.1) is 11.6 Å². The Hall–Kier alpha value is -1.43. The van der Waals surface area contributed by atoms with E-state index in [1.54, 1.807) is 45.0 Å². The quantitative estimate of drug-likeness (QED) is 0.555. The van der Waals surface area contributed by atoms with Crippen molar-refractivity contribution in [3.63, 3.8) is 0 Å². The first-order chi connectivity index (χ1) is 8.69. The van der Waals surface area contributed by atoms with Crippen molar-refractivity contribution in [2.45, 2.75) is 45.1 Å². The second-order valence-corrected chi connectivity index (χ2v) is 5.48. The van der Waals surface area contributed by atoms with Crippen LogP contribution in [0.15, 0.2) is 24.3 Å². The van der Waals surface area contributed by atoms with Crippen molar-refractivity contribution in [2.75, 3.05) is 0 Å². The van der Waals surface area contributed by atoms with Crippen molar-refractivity contribution >= 4 is 5.97 Å². The maximum Gasteiger partial charge on any atom is 0.338 e. The van der Waals surface area contributed by atoms with E-state index in [-0.39, 0.29) is 5.97 Å². The lowest BCUT2D eigenvalue weighted by Gasteiger charge is -2.19. The van der Waals surface area contributed by atoms with Gasteiger partial charge in [0.2, 0.25) is 0 Å². The lowest BCUT2D eigenvalue weighted by molar-refractivity contribution is -0.0577. The smallest absolute Gasteiger partial charge is 0.338 e. The van der Waals surface area contributed by atoms with E-state index < -0.39 is 17.9 Å². The van der Waals surface area contributed by atoms with Crippen molar-refractivity contribution in [1.29, 1.82) is 0 Å². The van der Waals surface area contributed by atoms with Crippen LogP contribution in [0.2, 0.25) is 0 Å². The number of hydrogen-bond acceptors (Lipinski definition) is 5. The van der Waals surface area contributed by atoms with Crippen LogP contribution in [0.25, 0.3) is 0 Å². The van der Waals surface area contributed by atoms with Gasteiger partial charge in [-0.25, -0.2) is 4.79 Å². The molecule has 0 amide bonds. The SMILES string of the molecule is CC(C)(C)OC(=O)c1ccc(C[C@H](N)C(O)O)cc1. The summed E-state index contributed by atoms with van der Waals surface area (Å²) in [5.41, 5.74) is 6.29. The summed E-state index contributed by atoms with van der Waals surface area (Å²) in [4.78, 5) is 11.8. The largest absolute Gasteiger partial charge is 0.456 e. The number of carbonyl (C=O) groups is 1. The molecular formula is C14H21NO4. The molecule has 0 saturated heterocycles. The van der Waals surface area contributed by atoms with Crippen LogP contribution in [0.3, 0.4) is 0 Å². The normalized spacial score (nSPS) is 13.4. The van der Waals surface area contributed by atoms with Crippen LogP contribution in [0.1, 0.15) is 36.7 Å². The van der Waals surface area contributed by atoms with Crippen LogP contribution < -0.4 is 5.73 Å². The monoisotopic (exact) mass is 267 g/mol. The van der Waals surface area contributed by atoms with E-state index in [2.05, 4.69) is 0 Å². The van der Waals surface area contributed by atoms with Gasteiger partial charge in [-0.05, 0) is 44.9 Å². The molecule has 0 aliphatic heterocycles. The fourth-order valence-corrected chi connectivity index (χ4v) is 1.49. The minimum atomic E-state index is -1.55. The number of ether oxygens (including phenoxy) is 1. The number of benzene rings is 1. The van der Waals surface area contributed by atoms with Crippen molar-refractivity contribution in [3.05, 3.63) is 35.4 Å². The van der Waals surface area contributed by atoms with Crippen LogP contribution >= 0.6 is 0 Å². The molecule has 0 aliphatic rings. The lowest BCUT2D eigenvalue weighted by atomic mass is 10.0. The summed E-state index contributed by atoms with van der Waals surface area (Å²) in [6.45, 7) is 5.42. The second-order valence-electron chi connectivity index (χ2n) is 5.48. The maximum atomic E-state index is 11.8. The zero-order valence-electron chi connectivity index (χ0n) is 11.5. The van der Waals surface area contributed by atoms with E-state index in [4.69, 9.17) is 20.7 Å². The number of aliphatic hydroxyl groups is 2. The van der Waals surface area contributed by atoms with Crippen molar-refractivity contribution in [3.8, 4) is 0 Å². The highest BCUT2D eigenvalue weighted by Gasteiger charge is 2.18. The molecule has 1 aromatic rings. The van der Waals surface area contributed by atoms with Gasteiger partial charge >= 0.3 is 5.97 Å².